The molecule has 1 heterocycles. The van der Waals surface area contributed by atoms with Gasteiger partial charge in [-0.25, -0.2) is 0 Å². The van der Waals surface area contributed by atoms with Gasteiger partial charge in [-0.3, -0.25) is 4.79 Å². The molecule has 0 bridgehead atoms. The Morgan fingerprint density at radius 3 is 2.65 bits per heavy atom. The third-order valence-electron chi connectivity index (χ3n) is 6.26. The zero-order chi connectivity index (χ0) is 22.0. The van der Waals surface area contributed by atoms with Gasteiger partial charge in [-0.2, -0.15) is 0 Å². The van der Waals surface area contributed by atoms with Crippen LogP contribution in [0.4, 0.5) is 0 Å². The van der Waals surface area contributed by atoms with Crippen molar-refractivity contribution in [1.82, 2.24) is 5.32 Å². The van der Waals surface area contributed by atoms with Crippen molar-refractivity contribution in [3.8, 4) is 16.9 Å². The first-order valence-corrected chi connectivity index (χ1v) is 11.6. The Balaban J connectivity index is 1.66. The van der Waals surface area contributed by atoms with Crippen LogP contribution >= 0.6 is 15.9 Å². The summed E-state index contributed by atoms with van der Waals surface area (Å²) in [6, 6.07) is 12.3. The highest BCUT2D eigenvalue weighted by Crippen LogP contribution is 2.37. The third kappa shape index (κ3) is 4.72. The zero-order valence-corrected chi connectivity index (χ0v) is 19.8. The lowest BCUT2D eigenvalue weighted by Gasteiger charge is -2.29. The predicted molar refractivity (Wildman–Crippen MR) is 129 cm³/mol. The number of methoxy groups -OCH3 is 1. The quantitative estimate of drug-likeness (QED) is 0.400. The van der Waals surface area contributed by atoms with Crippen LogP contribution in [0, 0.1) is 5.92 Å². The van der Waals surface area contributed by atoms with E-state index in [1.54, 1.807) is 19.4 Å². The van der Waals surface area contributed by atoms with E-state index in [0.717, 1.165) is 44.1 Å². The maximum atomic E-state index is 12.7. The highest BCUT2D eigenvalue weighted by molar-refractivity contribution is 9.10. The Bertz CT molecular complexity index is 1110. The zero-order valence-electron chi connectivity index (χ0n) is 18.2. The molecule has 1 aliphatic carbocycles. The maximum absolute atomic E-state index is 12.7. The summed E-state index contributed by atoms with van der Waals surface area (Å²) in [5.74, 6) is 1.17. The number of benzene rings is 2. The first-order valence-electron chi connectivity index (χ1n) is 10.8. The Labute approximate surface area is 191 Å². The van der Waals surface area contributed by atoms with Gasteiger partial charge in [0, 0.05) is 39.2 Å². The van der Waals surface area contributed by atoms with Crippen molar-refractivity contribution in [2.45, 2.75) is 45.6 Å². The second-order valence-corrected chi connectivity index (χ2v) is 9.32. The molecule has 162 valence electrons. The molecular formula is C26H28BrNO3. The number of furan rings is 1. The fourth-order valence-corrected chi connectivity index (χ4v) is 4.68. The molecule has 1 amide bonds. The number of halogens is 1. The van der Waals surface area contributed by atoms with Gasteiger partial charge in [-0.1, -0.05) is 47.8 Å². The summed E-state index contributed by atoms with van der Waals surface area (Å²) in [5, 5.41) is 4.20. The number of carbonyl (C=O) groups excluding carboxylic acids is 1. The first kappa shape index (κ1) is 21.7. The summed E-state index contributed by atoms with van der Waals surface area (Å²) in [6.07, 6.45) is 8.13. The van der Waals surface area contributed by atoms with Crippen molar-refractivity contribution in [1.29, 1.82) is 0 Å². The molecule has 2 atom stereocenters. The fraction of sp³-hybridized carbons (Fsp3) is 0.346. The van der Waals surface area contributed by atoms with E-state index in [0.29, 0.717) is 11.7 Å². The van der Waals surface area contributed by atoms with Gasteiger partial charge in [-0.05, 0) is 55.0 Å². The Kier molecular flexibility index (Phi) is 6.51. The number of nitrogens with one attached hydrogen (secondary N) is 1. The van der Waals surface area contributed by atoms with E-state index >= 15 is 0 Å². The molecule has 2 unspecified atom stereocenters. The highest BCUT2D eigenvalue weighted by atomic mass is 79.9. The van der Waals surface area contributed by atoms with Gasteiger partial charge in [0.05, 0.1) is 13.4 Å². The van der Waals surface area contributed by atoms with Gasteiger partial charge in [0.15, 0.2) is 0 Å². The highest BCUT2D eigenvalue weighted by Gasteiger charge is 2.22. The van der Waals surface area contributed by atoms with Crippen molar-refractivity contribution in [2.24, 2.45) is 5.92 Å². The van der Waals surface area contributed by atoms with Gasteiger partial charge in [-0.15, -0.1) is 0 Å². The number of amides is 1. The summed E-state index contributed by atoms with van der Waals surface area (Å²) in [4.78, 5) is 12.7. The van der Waals surface area contributed by atoms with Crippen molar-refractivity contribution in [3.63, 3.8) is 0 Å². The second-order valence-electron chi connectivity index (χ2n) is 8.41. The van der Waals surface area contributed by atoms with E-state index in [1.165, 1.54) is 19.3 Å². The van der Waals surface area contributed by atoms with Crippen LogP contribution < -0.4 is 10.1 Å². The molecule has 3 aromatic rings. The van der Waals surface area contributed by atoms with E-state index in [4.69, 9.17) is 9.15 Å². The average molecular weight is 482 g/mol. The van der Waals surface area contributed by atoms with Crippen LogP contribution in [0.25, 0.3) is 27.7 Å². The molecule has 0 saturated heterocycles. The number of ether oxygens (including phenoxy) is 1. The smallest absolute Gasteiger partial charge is 0.244 e. The Morgan fingerprint density at radius 2 is 1.94 bits per heavy atom. The largest absolute Gasteiger partial charge is 0.496 e. The minimum Gasteiger partial charge on any atom is -0.496 e. The van der Waals surface area contributed by atoms with Crippen LogP contribution in [0.3, 0.4) is 0 Å². The van der Waals surface area contributed by atoms with Gasteiger partial charge >= 0.3 is 0 Å². The molecular weight excluding hydrogens is 454 g/mol. The summed E-state index contributed by atoms with van der Waals surface area (Å²) in [7, 11) is 1.64. The van der Waals surface area contributed by atoms with Crippen LogP contribution in [0.15, 0.2) is 57.6 Å². The number of rotatable bonds is 5. The first-order chi connectivity index (χ1) is 15.0. The molecule has 0 aliphatic heterocycles. The molecule has 2 aromatic carbocycles. The van der Waals surface area contributed by atoms with Crippen LogP contribution in [0.2, 0.25) is 0 Å². The fourth-order valence-electron chi connectivity index (χ4n) is 4.41. The summed E-state index contributed by atoms with van der Waals surface area (Å²) in [5.41, 5.74) is 4.60. The van der Waals surface area contributed by atoms with Crippen LogP contribution in [-0.2, 0) is 4.79 Å². The van der Waals surface area contributed by atoms with E-state index < -0.39 is 0 Å². The van der Waals surface area contributed by atoms with E-state index in [2.05, 4.69) is 46.4 Å². The molecule has 0 radical (unpaired) electrons. The van der Waals surface area contributed by atoms with Crippen molar-refractivity contribution in [3.05, 3.63) is 58.8 Å². The topological polar surface area (TPSA) is 51.5 Å². The Hall–Kier alpha value is -2.53. The number of fused-ring (bicyclic) bond motifs is 1. The maximum Gasteiger partial charge on any atom is 0.244 e. The molecule has 0 spiro atoms. The summed E-state index contributed by atoms with van der Waals surface area (Å²) >= 11 is 3.48. The second kappa shape index (κ2) is 9.31. The van der Waals surface area contributed by atoms with E-state index in [-0.39, 0.29) is 11.9 Å². The number of hydrogen-bond donors (Lipinski definition) is 1. The lowest BCUT2D eigenvalue weighted by atomic mass is 9.86. The average Bonchev–Trinajstić information content (AvgIpc) is 3.17. The van der Waals surface area contributed by atoms with Crippen LogP contribution in [-0.4, -0.2) is 19.1 Å². The van der Waals surface area contributed by atoms with Crippen LogP contribution in [0.5, 0.6) is 5.75 Å². The van der Waals surface area contributed by atoms with Gasteiger partial charge in [0.2, 0.25) is 5.91 Å². The van der Waals surface area contributed by atoms with Crippen molar-refractivity contribution < 1.29 is 13.9 Å². The molecule has 1 N–H and O–H groups in total. The third-order valence-corrected chi connectivity index (χ3v) is 6.79. The molecule has 1 saturated carbocycles. The number of allylic oxidation sites excluding steroid dienone is 1. The van der Waals surface area contributed by atoms with Crippen molar-refractivity contribution in [2.75, 3.05) is 7.11 Å². The predicted octanol–water partition coefficient (Wildman–Crippen LogP) is 6.97. The molecule has 1 aromatic heterocycles. The molecule has 4 rings (SSSR count). The van der Waals surface area contributed by atoms with Gasteiger partial charge in [0.1, 0.15) is 11.3 Å². The molecule has 4 nitrogen and oxygen atoms in total. The lowest BCUT2D eigenvalue weighted by Crippen LogP contribution is -2.40. The standard InChI is InChI=1S/C26H28BrNO3/c1-16-6-4-5-7-23(16)28-26(29)12-17(2)20-13-21-22(18-8-10-19(27)11-9-18)15-31-25(21)14-24(20)30-3/h8-16,23H,4-7H2,1-3H3,(H,28,29)/b17-12+. The number of carbonyl (C=O) groups is 1. The summed E-state index contributed by atoms with van der Waals surface area (Å²) < 4.78 is 12.5. The molecule has 5 heteroatoms. The minimum absolute atomic E-state index is 0.0428. The van der Waals surface area contributed by atoms with Gasteiger partial charge in [0.25, 0.3) is 0 Å². The molecule has 1 fully saturated rings. The molecule has 31 heavy (non-hydrogen) atoms. The van der Waals surface area contributed by atoms with Gasteiger partial charge < -0.3 is 14.5 Å². The lowest BCUT2D eigenvalue weighted by molar-refractivity contribution is -0.117. The van der Waals surface area contributed by atoms with Crippen LogP contribution in [0.1, 0.15) is 45.1 Å². The minimum atomic E-state index is -0.0428. The molecule has 1 aliphatic rings. The monoisotopic (exact) mass is 481 g/mol. The normalized spacial score (nSPS) is 19.4. The SMILES string of the molecule is COc1cc2occ(-c3ccc(Br)cc3)c2cc1/C(C)=C/C(=O)NC1CCCCC1C. The van der Waals surface area contributed by atoms with E-state index in [9.17, 15) is 4.79 Å². The summed E-state index contributed by atoms with van der Waals surface area (Å²) in [6.45, 7) is 4.17. The Morgan fingerprint density at radius 1 is 1.19 bits per heavy atom. The van der Waals surface area contributed by atoms with E-state index in [1.807, 2.05) is 25.1 Å². The number of hydrogen-bond acceptors (Lipinski definition) is 3. The van der Waals surface area contributed by atoms with Crippen molar-refractivity contribution >= 4 is 38.4 Å².